The highest BCUT2D eigenvalue weighted by Crippen LogP contribution is 2.39. The average molecular weight is 313 g/mol. The van der Waals surface area contributed by atoms with Crippen molar-refractivity contribution in [2.45, 2.75) is 39.0 Å². The van der Waals surface area contributed by atoms with E-state index in [1.54, 1.807) is 0 Å². The Kier molecular flexibility index (Phi) is 4.02. The second-order valence-corrected chi connectivity index (χ2v) is 6.77. The molecule has 1 aliphatic rings. The van der Waals surface area contributed by atoms with Gasteiger partial charge in [0, 0.05) is 11.0 Å². The van der Waals surface area contributed by atoms with Crippen molar-refractivity contribution in [3.8, 4) is 5.75 Å². The Bertz CT molecular complexity index is 436. The standard InChI is InChI=1S/C15H21BrO2/c1-10-6-12(15(2,3)9-17)14(13(16)7-10)18-8-11-4-5-11/h6-7,11,17H,4-5,8-9H2,1-3H3. The minimum absolute atomic E-state index is 0.114. The fourth-order valence-corrected chi connectivity index (χ4v) is 2.64. The number of aryl methyl sites for hydroxylation is 1. The zero-order chi connectivity index (χ0) is 13.3. The number of rotatable bonds is 5. The lowest BCUT2D eigenvalue weighted by Crippen LogP contribution is -2.23. The fraction of sp³-hybridized carbons (Fsp3) is 0.600. The summed E-state index contributed by atoms with van der Waals surface area (Å²) < 4.78 is 6.96. The van der Waals surface area contributed by atoms with Crippen LogP contribution < -0.4 is 4.74 Å². The quantitative estimate of drug-likeness (QED) is 0.895. The van der Waals surface area contributed by atoms with Gasteiger partial charge in [0.2, 0.25) is 0 Å². The fourth-order valence-electron chi connectivity index (χ4n) is 1.95. The molecule has 0 unspecified atom stereocenters. The molecular weight excluding hydrogens is 292 g/mol. The van der Waals surface area contributed by atoms with E-state index >= 15 is 0 Å². The molecule has 18 heavy (non-hydrogen) atoms. The summed E-state index contributed by atoms with van der Waals surface area (Å²) >= 11 is 3.58. The average Bonchev–Trinajstić information content (AvgIpc) is 3.11. The van der Waals surface area contributed by atoms with Crippen LogP contribution in [0.2, 0.25) is 0 Å². The van der Waals surface area contributed by atoms with Gasteiger partial charge >= 0.3 is 0 Å². The number of benzene rings is 1. The molecule has 0 amide bonds. The zero-order valence-electron chi connectivity index (χ0n) is 11.3. The van der Waals surface area contributed by atoms with Gasteiger partial charge in [-0.2, -0.15) is 0 Å². The van der Waals surface area contributed by atoms with E-state index < -0.39 is 0 Å². The van der Waals surface area contributed by atoms with Crippen molar-refractivity contribution in [3.63, 3.8) is 0 Å². The van der Waals surface area contributed by atoms with Crippen LogP contribution in [-0.2, 0) is 5.41 Å². The van der Waals surface area contributed by atoms with Crippen molar-refractivity contribution < 1.29 is 9.84 Å². The van der Waals surface area contributed by atoms with E-state index in [9.17, 15) is 5.11 Å². The van der Waals surface area contributed by atoms with Gasteiger partial charge in [-0.3, -0.25) is 0 Å². The van der Waals surface area contributed by atoms with Gasteiger partial charge in [0.15, 0.2) is 0 Å². The molecular formula is C15H21BrO2. The van der Waals surface area contributed by atoms with E-state index in [-0.39, 0.29) is 12.0 Å². The topological polar surface area (TPSA) is 29.5 Å². The maximum absolute atomic E-state index is 9.57. The number of hydrogen-bond donors (Lipinski definition) is 1. The first-order valence-corrected chi connectivity index (χ1v) is 7.27. The Labute approximate surface area is 117 Å². The number of halogens is 1. The van der Waals surface area contributed by atoms with E-state index in [4.69, 9.17) is 4.74 Å². The van der Waals surface area contributed by atoms with Crippen molar-refractivity contribution in [2.75, 3.05) is 13.2 Å². The molecule has 0 aromatic heterocycles. The van der Waals surface area contributed by atoms with Gasteiger partial charge in [0.1, 0.15) is 5.75 Å². The lowest BCUT2D eigenvalue weighted by Gasteiger charge is -2.26. The third-order valence-electron chi connectivity index (χ3n) is 3.47. The Balaban J connectivity index is 2.34. The summed E-state index contributed by atoms with van der Waals surface area (Å²) in [5.41, 5.74) is 1.97. The van der Waals surface area contributed by atoms with Crippen molar-refractivity contribution in [2.24, 2.45) is 5.92 Å². The molecule has 1 aromatic rings. The SMILES string of the molecule is Cc1cc(Br)c(OCC2CC2)c(C(C)(C)CO)c1. The van der Waals surface area contributed by atoms with Gasteiger partial charge in [-0.15, -0.1) is 0 Å². The second kappa shape index (κ2) is 5.22. The van der Waals surface area contributed by atoms with Crippen LogP contribution in [0.4, 0.5) is 0 Å². The Morgan fingerprint density at radius 3 is 2.61 bits per heavy atom. The molecule has 0 saturated heterocycles. The predicted octanol–water partition coefficient (Wildman–Crippen LogP) is 3.82. The second-order valence-electron chi connectivity index (χ2n) is 5.92. The Morgan fingerprint density at radius 1 is 1.39 bits per heavy atom. The van der Waals surface area contributed by atoms with E-state index in [1.165, 1.54) is 18.4 Å². The van der Waals surface area contributed by atoms with Gasteiger partial charge in [-0.1, -0.05) is 19.9 Å². The molecule has 3 heteroatoms. The smallest absolute Gasteiger partial charge is 0.137 e. The maximum Gasteiger partial charge on any atom is 0.137 e. The van der Waals surface area contributed by atoms with Crippen LogP contribution in [0.5, 0.6) is 5.75 Å². The molecule has 2 nitrogen and oxygen atoms in total. The summed E-state index contributed by atoms with van der Waals surface area (Å²) in [4.78, 5) is 0. The minimum atomic E-state index is -0.284. The maximum atomic E-state index is 9.57. The predicted molar refractivity (Wildman–Crippen MR) is 77.2 cm³/mol. The lowest BCUT2D eigenvalue weighted by molar-refractivity contribution is 0.210. The van der Waals surface area contributed by atoms with Crippen LogP contribution in [0.15, 0.2) is 16.6 Å². The number of ether oxygens (including phenoxy) is 1. The largest absolute Gasteiger partial charge is 0.492 e. The minimum Gasteiger partial charge on any atom is -0.492 e. The molecule has 1 aromatic carbocycles. The molecule has 0 spiro atoms. The van der Waals surface area contributed by atoms with Crippen LogP contribution in [-0.4, -0.2) is 18.3 Å². The summed E-state index contributed by atoms with van der Waals surface area (Å²) in [6.45, 7) is 7.04. The monoisotopic (exact) mass is 312 g/mol. The van der Waals surface area contributed by atoms with Crippen LogP contribution in [0.25, 0.3) is 0 Å². The number of hydrogen-bond acceptors (Lipinski definition) is 2. The highest BCUT2D eigenvalue weighted by molar-refractivity contribution is 9.10. The zero-order valence-corrected chi connectivity index (χ0v) is 12.9. The highest BCUT2D eigenvalue weighted by atomic mass is 79.9. The van der Waals surface area contributed by atoms with E-state index in [0.29, 0.717) is 0 Å². The normalized spacial score (nSPS) is 15.8. The van der Waals surface area contributed by atoms with Crippen LogP contribution in [0.3, 0.4) is 0 Å². The lowest BCUT2D eigenvalue weighted by atomic mass is 9.84. The summed E-state index contributed by atoms with van der Waals surface area (Å²) in [5, 5.41) is 9.57. The first-order chi connectivity index (χ1) is 8.44. The Hall–Kier alpha value is -0.540. The van der Waals surface area contributed by atoms with Gasteiger partial charge in [0.05, 0.1) is 17.7 Å². The molecule has 1 aliphatic carbocycles. The van der Waals surface area contributed by atoms with Crippen molar-refractivity contribution in [3.05, 3.63) is 27.7 Å². The summed E-state index contributed by atoms with van der Waals surface area (Å²) in [5.74, 6) is 1.62. The number of aliphatic hydroxyl groups excluding tert-OH is 1. The van der Waals surface area contributed by atoms with E-state index in [1.807, 2.05) is 13.8 Å². The van der Waals surface area contributed by atoms with E-state index in [2.05, 4.69) is 35.0 Å². The van der Waals surface area contributed by atoms with E-state index in [0.717, 1.165) is 28.3 Å². The third-order valence-corrected chi connectivity index (χ3v) is 4.06. The van der Waals surface area contributed by atoms with Crippen molar-refractivity contribution >= 4 is 15.9 Å². The molecule has 1 N–H and O–H groups in total. The summed E-state index contributed by atoms with van der Waals surface area (Å²) in [6.07, 6.45) is 2.56. The van der Waals surface area contributed by atoms with Gasteiger partial charge in [-0.25, -0.2) is 0 Å². The molecule has 0 bridgehead atoms. The molecule has 2 rings (SSSR count). The van der Waals surface area contributed by atoms with Crippen LogP contribution >= 0.6 is 15.9 Å². The first-order valence-electron chi connectivity index (χ1n) is 6.48. The molecule has 0 aliphatic heterocycles. The molecule has 100 valence electrons. The Morgan fingerprint density at radius 2 is 2.06 bits per heavy atom. The molecule has 0 radical (unpaired) electrons. The molecule has 0 atom stereocenters. The summed E-state index contributed by atoms with van der Waals surface area (Å²) in [6, 6.07) is 4.18. The molecule has 1 fully saturated rings. The van der Waals surface area contributed by atoms with Crippen LogP contribution in [0.1, 0.15) is 37.8 Å². The molecule has 1 saturated carbocycles. The van der Waals surface area contributed by atoms with Gasteiger partial charge < -0.3 is 9.84 Å². The third kappa shape index (κ3) is 3.07. The van der Waals surface area contributed by atoms with Gasteiger partial charge in [-0.05, 0) is 53.2 Å². The first kappa shape index (κ1) is 13.9. The highest BCUT2D eigenvalue weighted by Gasteiger charge is 2.28. The molecule has 0 heterocycles. The summed E-state index contributed by atoms with van der Waals surface area (Å²) in [7, 11) is 0. The van der Waals surface area contributed by atoms with Crippen molar-refractivity contribution in [1.82, 2.24) is 0 Å². The van der Waals surface area contributed by atoms with Crippen molar-refractivity contribution in [1.29, 1.82) is 0 Å². The van der Waals surface area contributed by atoms with Gasteiger partial charge in [0.25, 0.3) is 0 Å². The number of aliphatic hydroxyl groups is 1. The van der Waals surface area contributed by atoms with Crippen LogP contribution in [0, 0.1) is 12.8 Å².